The molecule has 140 valence electrons. The summed E-state index contributed by atoms with van der Waals surface area (Å²) < 4.78 is 34.7. The van der Waals surface area contributed by atoms with Crippen LogP contribution in [0.3, 0.4) is 0 Å². The first-order valence-corrected chi connectivity index (χ1v) is 9.80. The molecule has 2 aromatic rings. The third-order valence-corrected chi connectivity index (χ3v) is 5.46. The second kappa shape index (κ2) is 8.73. The topological polar surface area (TPSA) is 89.9 Å². The van der Waals surface area contributed by atoms with Crippen LogP contribution in [-0.4, -0.2) is 39.8 Å². The molecule has 0 aromatic heterocycles. The van der Waals surface area contributed by atoms with E-state index in [1.807, 2.05) is 0 Å². The van der Waals surface area contributed by atoms with Crippen LogP contribution in [0.1, 0.15) is 15.9 Å². The van der Waals surface area contributed by atoms with Gasteiger partial charge in [-0.25, -0.2) is 13.2 Å². The van der Waals surface area contributed by atoms with Gasteiger partial charge in [-0.15, -0.1) is 0 Å². The van der Waals surface area contributed by atoms with Crippen LogP contribution < -0.4 is 0 Å². The highest BCUT2D eigenvalue weighted by molar-refractivity contribution is 7.90. The van der Waals surface area contributed by atoms with Crippen LogP contribution in [0.25, 0.3) is 0 Å². The number of methoxy groups -OCH3 is 1. The molecular formula is C17H16Cl2O6S. The first-order chi connectivity index (χ1) is 12.2. The zero-order valence-electron chi connectivity index (χ0n) is 13.7. The van der Waals surface area contributed by atoms with Crippen molar-refractivity contribution in [3.05, 3.63) is 57.6 Å². The summed E-state index contributed by atoms with van der Waals surface area (Å²) in [6.45, 7) is 0.269. The molecule has 0 atom stereocenters. The van der Waals surface area contributed by atoms with Crippen LogP contribution in [0.2, 0.25) is 10.0 Å². The second-order valence-electron chi connectivity index (χ2n) is 5.34. The molecule has 0 aliphatic rings. The van der Waals surface area contributed by atoms with Crippen molar-refractivity contribution in [2.45, 2.75) is 10.6 Å². The minimum atomic E-state index is -3.74. The quantitative estimate of drug-likeness (QED) is 0.546. The maximum atomic E-state index is 12.5. The predicted molar refractivity (Wildman–Crippen MR) is 97.6 cm³/mol. The lowest BCUT2D eigenvalue weighted by atomic mass is 10.1. The number of sulfone groups is 1. The third kappa shape index (κ3) is 5.35. The van der Waals surface area contributed by atoms with Crippen molar-refractivity contribution in [2.24, 2.45) is 0 Å². The zero-order valence-corrected chi connectivity index (χ0v) is 16.1. The van der Waals surface area contributed by atoms with E-state index in [4.69, 9.17) is 32.7 Å². The molecule has 0 aliphatic carbocycles. The average Bonchev–Trinajstić information content (AvgIpc) is 2.53. The summed E-state index contributed by atoms with van der Waals surface area (Å²) >= 11 is 11.7. The highest BCUT2D eigenvalue weighted by Gasteiger charge is 2.19. The van der Waals surface area contributed by atoms with Crippen molar-refractivity contribution < 1.29 is 27.8 Å². The van der Waals surface area contributed by atoms with Gasteiger partial charge in [-0.3, -0.25) is 0 Å². The number of rotatable bonds is 7. The van der Waals surface area contributed by atoms with Crippen LogP contribution in [0, 0.1) is 0 Å². The van der Waals surface area contributed by atoms with E-state index < -0.39 is 21.6 Å². The first kappa shape index (κ1) is 20.5. The van der Waals surface area contributed by atoms with Crippen LogP contribution in [0.4, 0.5) is 0 Å². The third-order valence-electron chi connectivity index (χ3n) is 3.35. The molecule has 0 fully saturated rings. The fourth-order valence-electron chi connectivity index (χ4n) is 2.15. The van der Waals surface area contributed by atoms with E-state index in [-0.39, 0.29) is 39.5 Å². The van der Waals surface area contributed by atoms with E-state index in [0.29, 0.717) is 5.56 Å². The van der Waals surface area contributed by atoms with Crippen LogP contribution in [0.15, 0.2) is 41.3 Å². The molecule has 0 heterocycles. The highest BCUT2D eigenvalue weighted by Crippen LogP contribution is 2.27. The van der Waals surface area contributed by atoms with Gasteiger partial charge in [0.2, 0.25) is 0 Å². The largest absolute Gasteiger partial charge is 0.507 e. The van der Waals surface area contributed by atoms with Gasteiger partial charge in [0.15, 0.2) is 9.84 Å². The molecule has 0 radical (unpaired) electrons. The molecule has 0 aliphatic heterocycles. The molecule has 0 saturated carbocycles. The Hall–Kier alpha value is -1.80. The molecule has 6 nitrogen and oxygen atoms in total. The Balaban J connectivity index is 2.19. The van der Waals surface area contributed by atoms with Crippen molar-refractivity contribution in [3.63, 3.8) is 0 Å². The molecule has 9 heteroatoms. The Morgan fingerprint density at radius 2 is 1.73 bits per heavy atom. The van der Waals surface area contributed by atoms with Gasteiger partial charge in [-0.2, -0.15) is 0 Å². The first-order valence-electron chi connectivity index (χ1n) is 7.40. The molecule has 0 bridgehead atoms. The van der Waals surface area contributed by atoms with Crippen LogP contribution in [-0.2, 0) is 25.1 Å². The Labute approximate surface area is 161 Å². The molecule has 2 aromatic carbocycles. The summed E-state index contributed by atoms with van der Waals surface area (Å²) in [7, 11) is -2.27. The van der Waals surface area contributed by atoms with Gasteiger partial charge in [-0.1, -0.05) is 29.3 Å². The lowest BCUT2D eigenvalue weighted by molar-refractivity contribution is 0.0385. The fraction of sp³-hybridized carbons (Fsp3) is 0.235. The predicted octanol–water partition coefficient (Wildman–Crippen LogP) is 3.48. The number of hydrogen-bond acceptors (Lipinski definition) is 6. The minimum absolute atomic E-state index is 0.0301. The average molecular weight is 419 g/mol. The number of esters is 1. The monoisotopic (exact) mass is 418 g/mol. The molecular weight excluding hydrogens is 403 g/mol. The smallest absolute Gasteiger partial charge is 0.341 e. The molecule has 1 N–H and O–H groups in total. The normalized spacial score (nSPS) is 11.3. The lowest BCUT2D eigenvalue weighted by Crippen LogP contribution is -2.10. The van der Waals surface area contributed by atoms with E-state index in [1.165, 1.54) is 43.5 Å². The number of carbonyl (C=O) groups excluding carboxylic acids is 1. The van der Waals surface area contributed by atoms with Gasteiger partial charge >= 0.3 is 5.97 Å². The molecule has 2 rings (SSSR count). The molecule has 26 heavy (non-hydrogen) atoms. The van der Waals surface area contributed by atoms with E-state index in [2.05, 4.69) is 0 Å². The van der Waals surface area contributed by atoms with Crippen molar-refractivity contribution >= 4 is 39.0 Å². The van der Waals surface area contributed by atoms with E-state index in [0.717, 1.165) is 0 Å². The van der Waals surface area contributed by atoms with Gasteiger partial charge in [0.05, 0.1) is 17.3 Å². The van der Waals surface area contributed by atoms with Crippen molar-refractivity contribution in [1.29, 1.82) is 0 Å². The summed E-state index contributed by atoms with van der Waals surface area (Å²) in [5.41, 5.74) is 0.236. The summed E-state index contributed by atoms with van der Waals surface area (Å²) in [5, 5.41) is 10.4. The van der Waals surface area contributed by atoms with Gasteiger partial charge in [0, 0.05) is 17.2 Å². The number of phenolic OH excluding ortho intramolecular Hbond substituents is 1. The van der Waals surface area contributed by atoms with Crippen molar-refractivity contribution in [2.75, 3.05) is 20.3 Å². The number of hydrogen-bond donors (Lipinski definition) is 1. The van der Waals surface area contributed by atoms with E-state index in [1.54, 1.807) is 0 Å². The van der Waals surface area contributed by atoms with Crippen LogP contribution in [0.5, 0.6) is 5.75 Å². The Morgan fingerprint density at radius 3 is 2.31 bits per heavy atom. The van der Waals surface area contributed by atoms with Crippen LogP contribution >= 0.6 is 23.2 Å². The summed E-state index contributed by atoms with van der Waals surface area (Å²) in [6, 6.07) is 7.96. The van der Waals surface area contributed by atoms with Crippen molar-refractivity contribution in [1.82, 2.24) is 0 Å². The molecule has 0 saturated heterocycles. The Bertz CT molecular complexity index is 891. The minimum Gasteiger partial charge on any atom is -0.507 e. The Morgan fingerprint density at radius 1 is 1.08 bits per heavy atom. The number of phenols is 1. The van der Waals surface area contributed by atoms with Gasteiger partial charge in [0.1, 0.15) is 17.9 Å². The zero-order chi connectivity index (χ0) is 19.3. The maximum absolute atomic E-state index is 12.5. The summed E-state index contributed by atoms with van der Waals surface area (Å²) in [6.07, 6.45) is 0. The second-order valence-corrected chi connectivity index (χ2v) is 8.21. The SMILES string of the molecule is COCCOC(=O)c1ccc(CS(=O)(=O)c2cc(Cl)cc(Cl)c2)cc1O. The van der Waals surface area contributed by atoms with E-state index in [9.17, 15) is 18.3 Å². The number of aromatic hydroxyl groups is 1. The van der Waals surface area contributed by atoms with Gasteiger partial charge in [0.25, 0.3) is 0 Å². The van der Waals surface area contributed by atoms with Gasteiger partial charge in [-0.05, 0) is 35.9 Å². The van der Waals surface area contributed by atoms with Crippen molar-refractivity contribution in [3.8, 4) is 5.75 Å². The lowest BCUT2D eigenvalue weighted by Gasteiger charge is -2.09. The maximum Gasteiger partial charge on any atom is 0.341 e. The number of benzene rings is 2. The standard InChI is InChI=1S/C17H16Cl2O6S/c1-24-4-5-25-17(21)15-3-2-11(6-16(15)20)10-26(22,23)14-8-12(18)7-13(19)9-14/h2-3,6-9,20H,4-5,10H2,1H3. The molecule has 0 amide bonds. The van der Waals surface area contributed by atoms with Gasteiger partial charge < -0.3 is 14.6 Å². The molecule has 0 spiro atoms. The summed E-state index contributed by atoms with van der Waals surface area (Å²) in [5.74, 6) is -1.49. The number of ether oxygens (including phenoxy) is 2. The number of halogens is 2. The van der Waals surface area contributed by atoms with E-state index >= 15 is 0 Å². The summed E-state index contributed by atoms with van der Waals surface area (Å²) in [4.78, 5) is 11.8. The highest BCUT2D eigenvalue weighted by atomic mass is 35.5. The molecule has 0 unspecified atom stereocenters. The number of carbonyl (C=O) groups is 1. The fourth-order valence-corrected chi connectivity index (χ4v) is 4.20. The Kier molecular flexibility index (Phi) is 6.88.